The van der Waals surface area contributed by atoms with Gasteiger partial charge in [-0.2, -0.15) is 0 Å². The first-order chi connectivity index (χ1) is 7.63. The molecule has 0 heterocycles. The largest absolute Gasteiger partial charge is 0.493 e. The molecule has 16 heavy (non-hydrogen) atoms. The Morgan fingerprint density at radius 2 is 1.94 bits per heavy atom. The van der Waals surface area contributed by atoms with Crippen LogP contribution in [0.1, 0.15) is 25.0 Å². The number of hydrogen-bond donors (Lipinski definition) is 1. The Kier molecular flexibility index (Phi) is 4.31. The number of carbonyl (C=O) groups excluding carboxylic acids is 1. The summed E-state index contributed by atoms with van der Waals surface area (Å²) in [6.45, 7) is 1.71. The molecule has 0 amide bonds. The van der Waals surface area contributed by atoms with E-state index in [0.717, 1.165) is 0 Å². The molecule has 1 atom stereocenters. The highest BCUT2D eigenvalue weighted by Crippen LogP contribution is 2.30. The summed E-state index contributed by atoms with van der Waals surface area (Å²) in [6.07, 6.45) is -0.792. The van der Waals surface area contributed by atoms with Crippen LogP contribution in [0.25, 0.3) is 0 Å². The van der Waals surface area contributed by atoms with Crippen molar-refractivity contribution in [2.45, 2.75) is 19.4 Å². The Balaban J connectivity index is 3.03. The Morgan fingerprint density at radius 3 is 2.44 bits per heavy atom. The highest BCUT2D eigenvalue weighted by molar-refractivity contribution is 5.84. The number of aliphatic hydroxyl groups excluding tert-OH is 1. The van der Waals surface area contributed by atoms with Gasteiger partial charge < -0.3 is 14.6 Å². The first kappa shape index (κ1) is 12.5. The van der Waals surface area contributed by atoms with E-state index >= 15 is 0 Å². The van der Waals surface area contributed by atoms with E-state index in [4.69, 9.17) is 9.47 Å². The van der Waals surface area contributed by atoms with Crippen molar-refractivity contribution in [2.24, 2.45) is 0 Å². The maximum atomic E-state index is 11.3. The van der Waals surface area contributed by atoms with Crippen LogP contribution in [0.5, 0.6) is 11.5 Å². The van der Waals surface area contributed by atoms with Crippen molar-refractivity contribution >= 4 is 5.78 Å². The molecule has 0 aliphatic heterocycles. The summed E-state index contributed by atoms with van der Waals surface area (Å²) in [5.41, 5.74) is 0.518. The van der Waals surface area contributed by atoms with Crippen molar-refractivity contribution in [3.63, 3.8) is 0 Å². The van der Waals surface area contributed by atoms with E-state index in [1.807, 2.05) is 0 Å². The van der Waals surface area contributed by atoms with Crippen molar-refractivity contribution in [1.29, 1.82) is 0 Å². The van der Waals surface area contributed by atoms with Gasteiger partial charge in [0, 0.05) is 6.42 Å². The summed E-state index contributed by atoms with van der Waals surface area (Å²) < 4.78 is 10.2. The van der Waals surface area contributed by atoms with Gasteiger partial charge in [-0.05, 0) is 17.7 Å². The van der Waals surface area contributed by atoms with E-state index in [2.05, 4.69) is 0 Å². The van der Waals surface area contributed by atoms with Crippen LogP contribution in [0.4, 0.5) is 0 Å². The predicted octanol–water partition coefficient (Wildman–Crippen LogP) is 1.72. The van der Waals surface area contributed by atoms with Gasteiger partial charge in [0.25, 0.3) is 0 Å². The van der Waals surface area contributed by atoms with Crippen LogP contribution in [0.15, 0.2) is 18.2 Å². The minimum Gasteiger partial charge on any atom is -0.493 e. The van der Waals surface area contributed by atoms with Gasteiger partial charge in [-0.15, -0.1) is 0 Å². The summed E-state index contributed by atoms with van der Waals surface area (Å²) in [6, 6.07) is 4.93. The Morgan fingerprint density at radius 1 is 1.31 bits per heavy atom. The molecular weight excluding hydrogens is 208 g/mol. The summed E-state index contributed by atoms with van der Waals surface area (Å²) in [4.78, 5) is 11.3. The van der Waals surface area contributed by atoms with Crippen LogP contribution >= 0.6 is 0 Å². The fourth-order valence-electron chi connectivity index (χ4n) is 1.40. The number of rotatable bonds is 5. The second-order valence-electron chi connectivity index (χ2n) is 3.34. The zero-order valence-corrected chi connectivity index (χ0v) is 9.69. The third-order valence-electron chi connectivity index (χ3n) is 2.38. The van der Waals surface area contributed by atoms with Gasteiger partial charge in [0.1, 0.15) is 6.10 Å². The van der Waals surface area contributed by atoms with Crippen molar-refractivity contribution in [3.05, 3.63) is 23.8 Å². The average Bonchev–Trinajstić information content (AvgIpc) is 2.35. The molecule has 4 heteroatoms. The van der Waals surface area contributed by atoms with Crippen LogP contribution in [-0.4, -0.2) is 25.1 Å². The van der Waals surface area contributed by atoms with E-state index in [1.54, 1.807) is 25.1 Å². The molecule has 4 nitrogen and oxygen atoms in total. The third-order valence-corrected chi connectivity index (χ3v) is 2.38. The number of ether oxygens (including phenoxy) is 2. The van der Waals surface area contributed by atoms with Gasteiger partial charge >= 0.3 is 0 Å². The second-order valence-corrected chi connectivity index (χ2v) is 3.34. The highest BCUT2D eigenvalue weighted by atomic mass is 16.5. The van der Waals surface area contributed by atoms with Gasteiger partial charge in [0.2, 0.25) is 0 Å². The number of ketones is 1. The lowest BCUT2D eigenvalue weighted by molar-refractivity contribution is -0.127. The molecule has 0 radical (unpaired) electrons. The zero-order valence-electron chi connectivity index (χ0n) is 9.69. The van der Waals surface area contributed by atoms with E-state index in [-0.39, 0.29) is 5.78 Å². The quantitative estimate of drug-likeness (QED) is 0.827. The van der Waals surface area contributed by atoms with E-state index in [0.29, 0.717) is 23.5 Å². The first-order valence-corrected chi connectivity index (χ1v) is 5.06. The third kappa shape index (κ3) is 2.52. The van der Waals surface area contributed by atoms with E-state index in [1.165, 1.54) is 14.2 Å². The molecule has 0 aliphatic rings. The Labute approximate surface area is 94.8 Å². The van der Waals surface area contributed by atoms with Gasteiger partial charge in [0.15, 0.2) is 17.3 Å². The van der Waals surface area contributed by atoms with Crippen LogP contribution < -0.4 is 9.47 Å². The molecule has 88 valence electrons. The van der Waals surface area contributed by atoms with Crippen LogP contribution in [-0.2, 0) is 4.79 Å². The molecule has 0 bridgehead atoms. The van der Waals surface area contributed by atoms with Gasteiger partial charge in [-0.3, -0.25) is 4.79 Å². The number of aliphatic hydroxyl groups is 1. The fraction of sp³-hybridized carbons (Fsp3) is 0.417. The summed E-state index contributed by atoms with van der Waals surface area (Å²) in [7, 11) is 3.04. The minimum absolute atomic E-state index is 0.216. The lowest BCUT2D eigenvalue weighted by atomic mass is 10.0. The fourth-order valence-corrected chi connectivity index (χ4v) is 1.40. The zero-order chi connectivity index (χ0) is 12.1. The van der Waals surface area contributed by atoms with E-state index in [9.17, 15) is 9.90 Å². The van der Waals surface area contributed by atoms with Crippen molar-refractivity contribution in [2.75, 3.05) is 14.2 Å². The highest BCUT2D eigenvalue weighted by Gasteiger charge is 2.17. The average molecular weight is 224 g/mol. The normalized spacial score (nSPS) is 12.0. The maximum Gasteiger partial charge on any atom is 0.165 e. The number of benzene rings is 1. The van der Waals surface area contributed by atoms with Crippen LogP contribution in [0, 0.1) is 0 Å². The molecule has 1 rings (SSSR count). The van der Waals surface area contributed by atoms with Crippen LogP contribution in [0.2, 0.25) is 0 Å². The van der Waals surface area contributed by atoms with Crippen molar-refractivity contribution in [3.8, 4) is 11.5 Å². The molecular formula is C12H16O4. The molecule has 1 N–H and O–H groups in total. The van der Waals surface area contributed by atoms with Gasteiger partial charge in [0.05, 0.1) is 14.2 Å². The number of carbonyl (C=O) groups is 1. The standard InChI is InChI=1S/C12H16O4/c1-4-9(13)12(14)8-5-6-10(15-2)11(7-8)16-3/h5-7,12,14H,4H2,1-3H3. The number of methoxy groups -OCH3 is 2. The topological polar surface area (TPSA) is 55.8 Å². The van der Waals surface area contributed by atoms with E-state index < -0.39 is 6.10 Å². The lowest BCUT2D eigenvalue weighted by Crippen LogP contribution is -2.10. The van der Waals surface area contributed by atoms with Crippen LogP contribution in [0.3, 0.4) is 0 Å². The maximum absolute atomic E-state index is 11.3. The Hall–Kier alpha value is -1.55. The lowest BCUT2D eigenvalue weighted by Gasteiger charge is -2.12. The van der Waals surface area contributed by atoms with Crippen molar-refractivity contribution in [1.82, 2.24) is 0 Å². The minimum atomic E-state index is -1.09. The summed E-state index contributed by atoms with van der Waals surface area (Å²) in [5, 5.41) is 9.73. The molecule has 0 fully saturated rings. The molecule has 1 aromatic rings. The number of hydrogen-bond acceptors (Lipinski definition) is 4. The molecule has 1 unspecified atom stereocenters. The molecule has 0 aromatic heterocycles. The smallest absolute Gasteiger partial charge is 0.165 e. The molecule has 0 aliphatic carbocycles. The summed E-state index contributed by atoms with van der Waals surface area (Å²) >= 11 is 0. The predicted molar refractivity (Wildman–Crippen MR) is 59.8 cm³/mol. The second kappa shape index (κ2) is 5.51. The molecule has 0 spiro atoms. The Bertz CT molecular complexity index is 373. The van der Waals surface area contributed by atoms with Gasteiger partial charge in [-0.1, -0.05) is 13.0 Å². The van der Waals surface area contributed by atoms with Gasteiger partial charge in [-0.25, -0.2) is 0 Å². The molecule has 0 saturated carbocycles. The summed E-state index contributed by atoms with van der Waals surface area (Å²) in [5.74, 6) is 0.859. The molecule has 0 saturated heterocycles. The SMILES string of the molecule is CCC(=O)C(O)c1ccc(OC)c(OC)c1. The first-order valence-electron chi connectivity index (χ1n) is 5.06. The number of Topliss-reactive ketones (excluding diaryl/α,β-unsaturated/α-hetero) is 1. The van der Waals surface area contributed by atoms with Crippen molar-refractivity contribution < 1.29 is 19.4 Å². The monoisotopic (exact) mass is 224 g/mol. The molecule has 1 aromatic carbocycles.